The van der Waals surface area contributed by atoms with E-state index in [-0.39, 0.29) is 5.91 Å². The van der Waals surface area contributed by atoms with E-state index in [1.54, 1.807) is 0 Å². The van der Waals surface area contributed by atoms with E-state index in [0.29, 0.717) is 12.5 Å². The summed E-state index contributed by atoms with van der Waals surface area (Å²) in [5.74, 6) is -0.285. The Labute approximate surface area is 110 Å². The van der Waals surface area contributed by atoms with Crippen LogP contribution in [0, 0.1) is 0 Å². The molecule has 0 aliphatic heterocycles. The van der Waals surface area contributed by atoms with Crippen molar-refractivity contribution in [1.29, 1.82) is 0 Å². The Balaban J connectivity index is 2.11. The molecule has 1 aromatic carbocycles. The molecule has 1 saturated carbocycles. The molecule has 1 aliphatic carbocycles. The van der Waals surface area contributed by atoms with Crippen LogP contribution in [-0.2, 0) is 11.2 Å². The number of primary amides is 1. The van der Waals surface area contributed by atoms with E-state index >= 15 is 0 Å². The van der Waals surface area contributed by atoms with E-state index in [2.05, 4.69) is 21.2 Å². The number of carbonyl (C=O) groups excluding carboxylic acids is 1. The van der Waals surface area contributed by atoms with Crippen molar-refractivity contribution in [3.63, 3.8) is 0 Å². The van der Waals surface area contributed by atoms with Crippen LogP contribution in [0.1, 0.15) is 25.3 Å². The van der Waals surface area contributed by atoms with Gasteiger partial charge in [-0.3, -0.25) is 4.79 Å². The van der Waals surface area contributed by atoms with Crippen molar-refractivity contribution in [1.82, 2.24) is 5.32 Å². The molecule has 0 saturated heterocycles. The van der Waals surface area contributed by atoms with Gasteiger partial charge in [0.15, 0.2) is 0 Å². The fraction of sp³-hybridized carbons (Fsp3) is 0.462. The normalized spacial score (nSPS) is 18.7. The molecule has 1 amide bonds. The molecule has 1 aromatic rings. The lowest BCUT2D eigenvalue weighted by Gasteiger charge is -2.27. The van der Waals surface area contributed by atoms with Gasteiger partial charge in [-0.05, 0) is 43.9 Å². The highest BCUT2D eigenvalue weighted by Gasteiger charge is 2.36. The Morgan fingerprint density at radius 3 is 2.53 bits per heavy atom. The van der Waals surface area contributed by atoms with E-state index in [4.69, 9.17) is 5.73 Å². The van der Waals surface area contributed by atoms with Crippen LogP contribution in [-0.4, -0.2) is 17.5 Å². The molecule has 0 radical (unpaired) electrons. The van der Waals surface area contributed by atoms with Crippen LogP contribution in [0.2, 0.25) is 0 Å². The van der Waals surface area contributed by atoms with Crippen LogP contribution in [0.4, 0.5) is 0 Å². The molecule has 3 nitrogen and oxygen atoms in total. The summed E-state index contributed by atoms with van der Waals surface area (Å²) in [6.07, 6.45) is 2.92. The molecule has 3 N–H and O–H groups in total. The Bertz CT molecular complexity index is 414. The Kier molecular flexibility index (Phi) is 3.54. The van der Waals surface area contributed by atoms with Gasteiger partial charge in [0.05, 0.1) is 5.54 Å². The van der Waals surface area contributed by atoms with E-state index < -0.39 is 5.54 Å². The first-order chi connectivity index (χ1) is 7.99. The average Bonchev–Trinajstić information content (AvgIpc) is 3.05. The predicted octanol–water partition coefficient (Wildman–Crippen LogP) is 1.99. The van der Waals surface area contributed by atoms with E-state index in [9.17, 15) is 4.79 Å². The third-order valence-corrected chi connectivity index (χ3v) is 3.64. The SMILES string of the molecule is CC(Cc1ccc(Br)cc1)(NC1CC1)C(N)=O. The number of amides is 1. The van der Waals surface area contributed by atoms with Crippen molar-refractivity contribution < 1.29 is 4.79 Å². The van der Waals surface area contributed by atoms with Gasteiger partial charge in [-0.25, -0.2) is 0 Å². The maximum Gasteiger partial charge on any atom is 0.237 e. The van der Waals surface area contributed by atoms with E-state index in [0.717, 1.165) is 22.9 Å². The molecule has 0 spiro atoms. The van der Waals surface area contributed by atoms with Crippen LogP contribution in [0.5, 0.6) is 0 Å². The highest BCUT2D eigenvalue weighted by atomic mass is 79.9. The lowest BCUT2D eigenvalue weighted by molar-refractivity contribution is -0.123. The third kappa shape index (κ3) is 3.30. The van der Waals surface area contributed by atoms with Gasteiger partial charge in [0.25, 0.3) is 0 Å². The topological polar surface area (TPSA) is 55.1 Å². The summed E-state index contributed by atoms with van der Waals surface area (Å²) in [6.45, 7) is 1.88. The lowest BCUT2D eigenvalue weighted by Crippen LogP contribution is -2.55. The number of nitrogens with one attached hydrogen (secondary N) is 1. The summed E-state index contributed by atoms with van der Waals surface area (Å²) in [7, 11) is 0. The molecular weight excluding hydrogens is 280 g/mol. The maximum atomic E-state index is 11.6. The molecule has 0 aromatic heterocycles. The number of benzene rings is 1. The van der Waals surface area contributed by atoms with Gasteiger partial charge in [-0.2, -0.15) is 0 Å². The van der Waals surface area contributed by atoms with Crippen LogP contribution < -0.4 is 11.1 Å². The van der Waals surface area contributed by atoms with Gasteiger partial charge in [0.1, 0.15) is 0 Å². The molecule has 4 heteroatoms. The first-order valence-electron chi connectivity index (χ1n) is 5.82. The molecule has 0 heterocycles. The largest absolute Gasteiger partial charge is 0.368 e. The number of hydrogen-bond donors (Lipinski definition) is 2. The van der Waals surface area contributed by atoms with Gasteiger partial charge in [-0.1, -0.05) is 28.1 Å². The van der Waals surface area contributed by atoms with Crippen LogP contribution in [0.15, 0.2) is 28.7 Å². The van der Waals surface area contributed by atoms with E-state index in [1.165, 1.54) is 0 Å². The molecule has 2 rings (SSSR count). The van der Waals surface area contributed by atoms with Crippen molar-refractivity contribution >= 4 is 21.8 Å². The monoisotopic (exact) mass is 296 g/mol. The minimum Gasteiger partial charge on any atom is -0.368 e. The minimum atomic E-state index is -0.644. The molecule has 1 fully saturated rings. The molecule has 1 aliphatic rings. The number of rotatable bonds is 5. The second kappa shape index (κ2) is 4.78. The fourth-order valence-corrected chi connectivity index (χ4v) is 2.16. The first-order valence-corrected chi connectivity index (χ1v) is 6.61. The van der Waals surface area contributed by atoms with Gasteiger partial charge in [0.2, 0.25) is 5.91 Å². The summed E-state index contributed by atoms with van der Waals surface area (Å²) in [5.41, 5.74) is 5.98. The minimum absolute atomic E-state index is 0.285. The molecule has 0 bridgehead atoms. The van der Waals surface area contributed by atoms with Crippen molar-refractivity contribution in [2.24, 2.45) is 5.73 Å². The summed E-state index contributed by atoms with van der Waals surface area (Å²) in [5, 5.41) is 3.34. The summed E-state index contributed by atoms with van der Waals surface area (Å²) >= 11 is 3.40. The zero-order valence-corrected chi connectivity index (χ0v) is 11.5. The quantitative estimate of drug-likeness (QED) is 0.873. The van der Waals surface area contributed by atoms with Crippen molar-refractivity contribution in [2.45, 2.75) is 37.8 Å². The van der Waals surface area contributed by atoms with Crippen LogP contribution in [0.3, 0.4) is 0 Å². The second-order valence-corrected chi connectivity index (χ2v) is 5.83. The molecule has 1 unspecified atom stereocenters. The number of nitrogens with two attached hydrogens (primary N) is 1. The standard InChI is InChI=1S/C13H17BrN2O/c1-13(12(15)17,16-11-6-7-11)8-9-2-4-10(14)5-3-9/h2-5,11,16H,6-8H2,1H3,(H2,15,17). The van der Waals surface area contributed by atoms with Gasteiger partial charge in [-0.15, -0.1) is 0 Å². The average molecular weight is 297 g/mol. The third-order valence-electron chi connectivity index (χ3n) is 3.11. The summed E-state index contributed by atoms with van der Waals surface area (Å²) < 4.78 is 1.04. The van der Waals surface area contributed by atoms with Crippen molar-refractivity contribution in [2.75, 3.05) is 0 Å². The highest BCUT2D eigenvalue weighted by molar-refractivity contribution is 9.10. The number of halogens is 1. The molecule has 1 atom stereocenters. The smallest absolute Gasteiger partial charge is 0.237 e. The number of hydrogen-bond acceptors (Lipinski definition) is 2. The highest BCUT2D eigenvalue weighted by Crippen LogP contribution is 2.24. The van der Waals surface area contributed by atoms with Crippen LogP contribution in [0.25, 0.3) is 0 Å². The van der Waals surface area contributed by atoms with Crippen molar-refractivity contribution in [3.05, 3.63) is 34.3 Å². The fourth-order valence-electron chi connectivity index (χ4n) is 1.90. The van der Waals surface area contributed by atoms with E-state index in [1.807, 2.05) is 31.2 Å². The Hall–Kier alpha value is -0.870. The lowest BCUT2D eigenvalue weighted by atomic mass is 9.92. The molecule has 17 heavy (non-hydrogen) atoms. The van der Waals surface area contributed by atoms with Crippen molar-refractivity contribution in [3.8, 4) is 0 Å². The summed E-state index contributed by atoms with van der Waals surface area (Å²) in [6, 6.07) is 8.45. The first kappa shape index (κ1) is 12.6. The second-order valence-electron chi connectivity index (χ2n) is 4.92. The molecule has 92 valence electrons. The Morgan fingerprint density at radius 1 is 1.47 bits per heavy atom. The number of carbonyl (C=O) groups is 1. The van der Waals surface area contributed by atoms with Gasteiger partial charge >= 0.3 is 0 Å². The van der Waals surface area contributed by atoms with Gasteiger partial charge < -0.3 is 11.1 Å². The zero-order valence-electron chi connectivity index (χ0n) is 9.87. The zero-order chi connectivity index (χ0) is 12.5. The summed E-state index contributed by atoms with van der Waals surface area (Å²) in [4.78, 5) is 11.6. The molecular formula is C13H17BrN2O. The maximum absolute atomic E-state index is 11.6. The Morgan fingerprint density at radius 2 is 2.06 bits per heavy atom. The van der Waals surface area contributed by atoms with Crippen LogP contribution >= 0.6 is 15.9 Å². The van der Waals surface area contributed by atoms with Gasteiger partial charge in [0, 0.05) is 10.5 Å². The predicted molar refractivity (Wildman–Crippen MR) is 71.6 cm³/mol.